The van der Waals surface area contributed by atoms with Gasteiger partial charge in [0.25, 0.3) is 5.91 Å². The van der Waals surface area contributed by atoms with Crippen LogP contribution in [0.3, 0.4) is 0 Å². The zero-order valence-electron chi connectivity index (χ0n) is 14.3. The third-order valence-corrected chi connectivity index (χ3v) is 4.57. The molecule has 0 saturated carbocycles. The van der Waals surface area contributed by atoms with Gasteiger partial charge < -0.3 is 13.9 Å². The summed E-state index contributed by atoms with van der Waals surface area (Å²) in [4.78, 5) is 23.2. The number of hydrogen-bond acceptors (Lipinski definition) is 5. The van der Waals surface area contributed by atoms with E-state index in [1.807, 2.05) is 31.0 Å². The minimum Gasteiger partial charge on any atom is -0.466 e. The van der Waals surface area contributed by atoms with Gasteiger partial charge in [-0.2, -0.15) is 5.10 Å². The first-order valence-electron chi connectivity index (χ1n) is 8.34. The average Bonchev–Trinajstić information content (AvgIpc) is 3.27. The van der Waals surface area contributed by atoms with Crippen LogP contribution in [0.2, 0.25) is 0 Å². The molecule has 4 rings (SSSR count). The molecule has 0 aliphatic carbocycles. The lowest BCUT2D eigenvalue weighted by atomic mass is 10.2. The minimum absolute atomic E-state index is 0.0259. The number of fused-ring (bicyclic) bond motifs is 1. The molecule has 0 unspecified atom stereocenters. The first kappa shape index (κ1) is 15.6. The highest BCUT2D eigenvalue weighted by Crippen LogP contribution is 2.19. The van der Waals surface area contributed by atoms with Crippen molar-refractivity contribution in [3.05, 3.63) is 53.5 Å². The molecule has 130 valence electrons. The zero-order valence-corrected chi connectivity index (χ0v) is 14.3. The molecule has 25 heavy (non-hydrogen) atoms. The Morgan fingerprint density at radius 2 is 2.16 bits per heavy atom. The number of amides is 1. The molecule has 1 aliphatic rings. The maximum atomic E-state index is 12.8. The van der Waals surface area contributed by atoms with E-state index in [0.29, 0.717) is 31.0 Å². The first-order chi connectivity index (χ1) is 12.1. The molecular weight excluding hydrogens is 320 g/mol. The van der Waals surface area contributed by atoms with Crippen molar-refractivity contribution in [3.63, 3.8) is 0 Å². The smallest absolute Gasteiger partial charge is 0.257 e. The molecule has 8 heteroatoms. The molecule has 0 radical (unpaired) electrons. The van der Waals surface area contributed by atoms with E-state index in [0.717, 1.165) is 30.2 Å². The van der Waals surface area contributed by atoms with Crippen molar-refractivity contribution in [3.8, 4) is 0 Å². The lowest BCUT2D eigenvalue weighted by molar-refractivity contribution is 0.0757. The van der Waals surface area contributed by atoms with Crippen LogP contribution in [-0.4, -0.2) is 48.2 Å². The largest absolute Gasteiger partial charge is 0.466 e. The van der Waals surface area contributed by atoms with Crippen molar-refractivity contribution in [1.29, 1.82) is 0 Å². The van der Waals surface area contributed by atoms with Gasteiger partial charge in [-0.3, -0.25) is 4.79 Å². The first-order valence-corrected chi connectivity index (χ1v) is 8.34. The fraction of sp³-hybridized carbons (Fsp3) is 0.412. The third-order valence-electron chi connectivity index (χ3n) is 4.57. The molecule has 0 saturated heterocycles. The van der Waals surface area contributed by atoms with Crippen LogP contribution in [0.4, 0.5) is 0 Å². The van der Waals surface area contributed by atoms with Crippen molar-refractivity contribution in [2.75, 3.05) is 13.1 Å². The highest BCUT2D eigenvalue weighted by atomic mass is 16.3. The van der Waals surface area contributed by atoms with E-state index in [-0.39, 0.29) is 5.91 Å². The molecule has 8 nitrogen and oxygen atoms in total. The van der Waals surface area contributed by atoms with Crippen molar-refractivity contribution in [2.45, 2.75) is 33.4 Å². The van der Waals surface area contributed by atoms with Crippen LogP contribution in [0.5, 0.6) is 0 Å². The molecule has 3 aromatic rings. The summed E-state index contributed by atoms with van der Waals surface area (Å²) in [6, 6.07) is 1.82. The predicted molar refractivity (Wildman–Crippen MR) is 89.1 cm³/mol. The second kappa shape index (κ2) is 6.19. The maximum Gasteiger partial charge on any atom is 0.257 e. The van der Waals surface area contributed by atoms with Crippen molar-refractivity contribution >= 4 is 5.91 Å². The number of nitrogens with zero attached hydrogens (tertiary/aromatic N) is 6. The molecule has 3 aromatic heterocycles. The molecule has 0 atom stereocenters. The minimum atomic E-state index is 0.0259. The number of carbonyl (C=O) groups is 1. The normalized spacial score (nSPS) is 14.4. The lowest BCUT2D eigenvalue weighted by Gasteiger charge is -2.19. The number of aryl methyl sites for hydroxylation is 2. The molecule has 0 spiro atoms. The molecule has 0 aromatic carbocycles. The Morgan fingerprint density at radius 3 is 2.88 bits per heavy atom. The summed E-state index contributed by atoms with van der Waals surface area (Å²) in [6.45, 7) is 6.35. The van der Waals surface area contributed by atoms with Gasteiger partial charge in [0, 0.05) is 26.1 Å². The van der Waals surface area contributed by atoms with E-state index >= 15 is 0 Å². The quantitative estimate of drug-likeness (QED) is 0.720. The summed E-state index contributed by atoms with van der Waals surface area (Å²) in [5.41, 5.74) is 1.73. The highest BCUT2D eigenvalue weighted by Gasteiger charge is 2.24. The number of rotatable bonds is 3. The fourth-order valence-corrected chi connectivity index (χ4v) is 3.32. The third kappa shape index (κ3) is 2.95. The van der Waals surface area contributed by atoms with E-state index in [9.17, 15) is 4.79 Å². The Morgan fingerprint density at radius 1 is 1.28 bits per heavy atom. The maximum absolute atomic E-state index is 12.8. The van der Waals surface area contributed by atoms with E-state index in [2.05, 4.69) is 19.6 Å². The SMILES string of the molecule is Cc1cc(C(=O)N2CCc3ncc(Cn4cncn4)n3CC2)c(C)o1. The summed E-state index contributed by atoms with van der Waals surface area (Å²) in [5.74, 6) is 2.47. The average molecular weight is 340 g/mol. The van der Waals surface area contributed by atoms with Crippen LogP contribution in [0, 0.1) is 13.8 Å². The Balaban J connectivity index is 1.51. The van der Waals surface area contributed by atoms with Gasteiger partial charge >= 0.3 is 0 Å². The van der Waals surface area contributed by atoms with Crippen LogP contribution in [0.15, 0.2) is 29.3 Å². The van der Waals surface area contributed by atoms with Crippen molar-refractivity contribution in [2.24, 2.45) is 0 Å². The van der Waals surface area contributed by atoms with Crippen LogP contribution in [-0.2, 0) is 19.5 Å². The van der Waals surface area contributed by atoms with Crippen molar-refractivity contribution in [1.82, 2.24) is 29.2 Å². The predicted octanol–water partition coefficient (Wildman–Crippen LogP) is 1.43. The Kier molecular flexibility index (Phi) is 3.87. The molecule has 0 N–H and O–H groups in total. The Hall–Kier alpha value is -2.90. The number of furan rings is 1. The number of carbonyl (C=O) groups excluding carboxylic acids is 1. The van der Waals surface area contributed by atoms with Crippen LogP contribution >= 0.6 is 0 Å². The summed E-state index contributed by atoms with van der Waals surface area (Å²) in [5, 5.41) is 4.15. The van der Waals surface area contributed by atoms with E-state index in [1.165, 1.54) is 6.33 Å². The van der Waals surface area contributed by atoms with Gasteiger partial charge in [-0.15, -0.1) is 0 Å². The van der Waals surface area contributed by atoms with E-state index in [1.54, 1.807) is 11.0 Å². The molecule has 4 heterocycles. The van der Waals surface area contributed by atoms with Crippen LogP contribution < -0.4 is 0 Å². The van der Waals surface area contributed by atoms with Gasteiger partial charge in [0.2, 0.25) is 0 Å². The van der Waals surface area contributed by atoms with Gasteiger partial charge in [0.15, 0.2) is 0 Å². The van der Waals surface area contributed by atoms with Crippen LogP contribution in [0.1, 0.15) is 33.4 Å². The number of hydrogen-bond donors (Lipinski definition) is 0. The van der Waals surface area contributed by atoms with Gasteiger partial charge in [0.1, 0.15) is 30.0 Å². The fourth-order valence-electron chi connectivity index (χ4n) is 3.32. The summed E-state index contributed by atoms with van der Waals surface area (Å²) in [7, 11) is 0. The molecule has 1 aliphatic heterocycles. The van der Waals surface area contributed by atoms with E-state index < -0.39 is 0 Å². The topological polar surface area (TPSA) is 82.0 Å². The van der Waals surface area contributed by atoms with Gasteiger partial charge in [0.05, 0.1) is 24.0 Å². The second-order valence-electron chi connectivity index (χ2n) is 6.28. The summed E-state index contributed by atoms with van der Waals surface area (Å²) < 4.78 is 9.46. The summed E-state index contributed by atoms with van der Waals surface area (Å²) >= 11 is 0. The van der Waals surface area contributed by atoms with Gasteiger partial charge in [-0.1, -0.05) is 0 Å². The lowest BCUT2D eigenvalue weighted by Crippen LogP contribution is -2.33. The zero-order chi connectivity index (χ0) is 17.4. The molecule has 0 fully saturated rings. The van der Waals surface area contributed by atoms with E-state index in [4.69, 9.17) is 4.42 Å². The highest BCUT2D eigenvalue weighted by molar-refractivity contribution is 5.95. The standard InChI is InChI=1S/C17H20N6O2/c1-12-7-15(13(2)25-12)17(24)21-4-3-16-19-8-14(23(16)6-5-21)9-22-11-18-10-20-22/h7-8,10-11H,3-6,9H2,1-2H3. The molecule has 1 amide bonds. The summed E-state index contributed by atoms with van der Waals surface area (Å²) in [6.07, 6.45) is 5.84. The van der Waals surface area contributed by atoms with Crippen molar-refractivity contribution < 1.29 is 9.21 Å². The Labute approximate surface area is 145 Å². The van der Waals surface area contributed by atoms with Crippen LogP contribution in [0.25, 0.3) is 0 Å². The molecular formula is C17H20N6O2. The second-order valence-corrected chi connectivity index (χ2v) is 6.28. The Bertz CT molecular complexity index is 893. The van der Waals surface area contributed by atoms with Gasteiger partial charge in [-0.25, -0.2) is 14.6 Å². The monoisotopic (exact) mass is 340 g/mol. The number of aromatic nitrogens is 5. The molecule has 0 bridgehead atoms. The van der Waals surface area contributed by atoms with Gasteiger partial charge in [-0.05, 0) is 19.9 Å². The number of imidazole rings is 1.